The molecule has 2 aromatic carbocycles. The Morgan fingerprint density at radius 3 is 2.83 bits per heavy atom. The van der Waals surface area contributed by atoms with E-state index in [4.69, 9.17) is 25.8 Å². The standard InChI is InChI=1S/C30H31ClFN5O5/c31-22-12-20(5-6-23(22)32)35-29-21-13-25(26(41-16-19-3-4-19)14-24(21)33-18-34-29)36-27(38)2-1-9-37-15-28(39)42-30(17-37)7-10-40-11-8-30/h1-2,5-6,12-14,18-19H,3-4,7-11,15-17H2,(H,36,38)(H,33,34,35)/b2-1+. The molecule has 1 amide bonds. The zero-order chi connectivity index (χ0) is 29.1. The molecular weight excluding hydrogens is 565 g/mol. The van der Waals surface area contributed by atoms with Crippen LogP contribution < -0.4 is 15.4 Å². The lowest BCUT2D eigenvalue weighted by Gasteiger charge is -2.43. The van der Waals surface area contributed by atoms with E-state index in [2.05, 4.69) is 20.6 Å². The average molecular weight is 596 g/mol. The topological polar surface area (TPSA) is 115 Å². The molecule has 1 spiro atoms. The summed E-state index contributed by atoms with van der Waals surface area (Å²) in [6.07, 6.45) is 8.18. The first-order valence-corrected chi connectivity index (χ1v) is 14.4. The number of nitrogens with one attached hydrogen (secondary N) is 2. The zero-order valence-electron chi connectivity index (χ0n) is 22.9. The molecule has 6 rings (SSSR count). The predicted octanol–water partition coefficient (Wildman–Crippen LogP) is 4.86. The van der Waals surface area contributed by atoms with Crippen molar-refractivity contribution in [2.75, 3.05) is 50.1 Å². The van der Waals surface area contributed by atoms with Crippen LogP contribution in [0.3, 0.4) is 0 Å². The van der Waals surface area contributed by atoms with Crippen molar-refractivity contribution in [1.29, 1.82) is 0 Å². The highest BCUT2D eigenvalue weighted by molar-refractivity contribution is 6.31. The third kappa shape index (κ3) is 6.80. The van der Waals surface area contributed by atoms with E-state index >= 15 is 0 Å². The molecule has 1 aliphatic carbocycles. The van der Waals surface area contributed by atoms with Gasteiger partial charge in [-0.05, 0) is 43.0 Å². The highest BCUT2D eigenvalue weighted by atomic mass is 35.5. The molecule has 2 N–H and O–H groups in total. The molecule has 2 aliphatic heterocycles. The number of rotatable bonds is 9. The van der Waals surface area contributed by atoms with Gasteiger partial charge in [0.1, 0.15) is 29.3 Å². The van der Waals surface area contributed by atoms with Crippen LogP contribution in [-0.4, -0.2) is 71.8 Å². The molecule has 3 fully saturated rings. The molecule has 12 heteroatoms. The number of hydrogen-bond donors (Lipinski definition) is 2. The van der Waals surface area contributed by atoms with Gasteiger partial charge in [0.25, 0.3) is 0 Å². The Morgan fingerprint density at radius 2 is 2.05 bits per heavy atom. The number of fused-ring (bicyclic) bond motifs is 1. The Bertz CT molecular complexity index is 1530. The average Bonchev–Trinajstić information content (AvgIpc) is 3.79. The summed E-state index contributed by atoms with van der Waals surface area (Å²) in [5.41, 5.74) is 1.11. The molecule has 10 nitrogen and oxygen atoms in total. The largest absolute Gasteiger partial charge is 0.491 e. The van der Waals surface area contributed by atoms with Crippen molar-refractivity contribution in [3.63, 3.8) is 0 Å². The number of benzene rings is 2. The van der Waals surface area contributed by atoms with Gasteiger partial charge in [-0.15, -0.1) is 0 Å². The third-order valence-electron chi connectivity index (χ3n) is 7.58. The van der Waals surface area contributed by atoms with Crippen LogP contribution in [0.5, 0.6) is 5.75 Å². The maximum Gasteiger partial charge on any atom is 0.320 e. The van der Waals surface area contributed by atoms with Gasteiger partial charge < -0.3 is 24.8 Å². The Labute approximate surface area is 247 Å². The summed E-state index contributed by atoms with van der Waals surface area (Å²) in [7, 11) is 0. The molecule has 1 aromatic heterocycles. The third-order valence-corrected chi connectivity index (χ3v) is 7.87. The van der Waals surface area contributed by atoms with Gasteiger partial charge >= 0.3 is 5.97 Å². The van der Waals surface area contributed by atoms with Gasteiger partial charge in [-0.3, -0.25) is 14.5 Å². The second kappa shape index (κ2) is 12.2. The van der Waals surface area contributed by atoms with Gasteiger partial charge in [0.15, 0.2) is 0 Å². The quantitative estimate of drug-likeness (QED) is 0.264. The number of amides is 1. The zero-order valence-corrected chi connectivity index (χ0v) is 23.7. The summed E-state index contributed by atoms with van der Waals surface area (Å²) in [5.74, 6) is 0.345. The van der Waals surface area contributed by atoms with E-state index < -0.39 is 11.4 Å². The molecule has 2 saturated heterocycles. The summed E-state index contributed by atoms with van der Waals surface area (Å²) >= 11 is 5.95. The lowest BCUT2D eigenvalue weighted by atomic mass is 9.92. The highest BCUT2D eigenvalue weighted by Crippen LogP contribution is 2.36. The lowest BCUT2D eigenvalue weighted by Crippen LogP contribution is -2.56. The lowest BCUT2D eigenvalue weighted by molar-refractivity contribution is -0.185. The second-order valence-corrected chi connectivity index (χ2v) is 11.3. The van der Waals surface area contributed by atoms with E-state index in [0.29, 0.717) is 85.5 Å². The van der Waals surface area contributed by atoms with Crippen LogP contribution in [0.15, 0.2) is 48.8 Å². The fourth-order valence-electron chi connectivity index (χ4n) is 5.17. The van der Waals surface area contributed by atoms with E-state index in [1.165, 1.54) is 24.5 Å². The van der Waals surface area contributed by atoms with Gasteiger partial charge in [-0.25, -0.2) is 14.4 Å². The van der Waals surface area contributed by atoms with E-state index in [1.807, 2.05) is 4.90 Å². The number of nitrogens with zero attached hydrogens (tertiary/aromatic N) is 3. The Balaban J connectivity index is 1.19. The fraction of sp³-hybridized carbons (Fsp3) is 0.400. The van der Waals surface area contributed by atoms with Gasteiger partial charge in [-0.2, -0.15) is 0 Å². The monoisotopic (exact) mass is 595 g/mol. The van der Waals surface area contributed by atoms with Crippen molar-refractivity contribution >= 4 is 51.6 Å². The Kier molecular flexibility index (Phi) is 8.23. The maximum atomic E-state index is 13.7. The minimum Gasteiger partial charge on any atom is -0.491 e. The fourth-order valence-corrected chi connectivity index (χ4v) is 5.35. The van der Waals surface area contributed by atoms with Gasteiger partial charge in [0.05, 0.1) is 42.6 Å². The SMILES string of the molecule is O=C(/C=C/CN1CC(=O)OC2(CCOCC2)C1)Nc1cc2c(Nc3ccc(F)c(Cl)c3)ncnc2cc1OCC1CC1. The molecule has 3 aromatic rings. The molecule has 1 saturated carbocycles. The van der Waals surface area contributed by atoms with Crippen molar-refractivity contribution in [2.45, 2.75) is 31.3 Å². The summed E-state index contributed by atoms with van der Waals surface area (Å²) in [6.45, 7) is 2.88. The van der Waals surface area contributed by atoms with E-state index in [1.54, 1.807) is 24.3 Å². The molecule has 0 atom stereocenters. The number of carbonyl (C=O) groups excluding carboxylic acids is 2. The van der Waals surface area contributed by atoms with Crippen LogP contribution in [0.4, 0.5) is 21.6 Å². The van der Waals surface area contributed by atoms with Gasteiger partial charge in [-0.1, -0.05) is 17.7 Å². The number of morpholine rings is 1. The number of hydrogen-bond acceptors (Lipinski definition) is 9. The van der Waals surface area contributed by atoms with Gasteiger partial charge in [0.2, 0.25) is 5.91 Å². The maximum absolute atomic E-state index is 13.7. The van der Waals surface area contributed by atoms with E-state index in [-0.39, 0.29) is 23.4 Å². The second-order valence-electron chi connectivity index (χ2n) is 10.9. The number of anilines is 3. The first-order valence-electron chi connectivity index (χ1n) is 14.0. The predicted molar refractivity (Wildman–Crippen MR) is 156 cm³/mol. The molecule has 0 radical (unpaired) electrons. The Morgan fingerprint density at radius 1 is 1.21 bits per heavy atom. The van der Waals surface area contributed by atoms with Crippen molar-refractivity contribution in [2.24, 2.45) is 5.92 Å². The summed E-state index contributed by atoms with van der Waals surface area (Å²) in [5, 5.41) is 6.69. The van der Waals surface area contributed by atoms with Crippen LogP contribution in [0.2, 0.25) is 5.02 Å². The number of carbonyl (C=O) groups is 2. The van der Waals surface area contributed by atoms with Gasteiger partial charge in [0, 0.05) is 49.1 Å². The number of ether oxygens (including phenoxy) is 3. The summed E-state index contributed by atoms with van der Waals surface area (Å²) in [6, 6.07) is 7.83. The molecule has 0 bridgehead atoms. The van der Waals surface area contributed by atoms with Crippen LogP contribution in [0, 0.1) is 11.7 Å². The van der Waals surface area contributed by atoms with Crippen molar-refractivity contribution in [3.05, 3.63) is 59.7 Å². The first kappa shape index (κ1) is 28.3. The van der Waals surface area contributed by atoms with Crippen LogP contribution in [0.1, 0.15) is 25.7 Å². The van der Waals surface area contributed by atoms with Crippen LogP contribution in [-0.2, 0) is 19.1 Å². The smallest absolute Gasteiger partial charge is 0.320 e. The molecular formula is C30H31ClFN5O5. The van der Waals surface area contributed by atoms with Crippen LogP contribution >= 0.6 is 11.6 Å². The van der Waals surface area contributed by atoms with Crippen molar-refractivity contribution in [1.82, 2.24) is 14.9 Å². The molecule has 42 heavy (non-hydrogen) atoms. The normalized spacial score (nSPS) is 18.8. The Hall–Kier alpha value is -3.80. The number of esters is 1. The van der Waals surface area contributed by atoms with Crippen LogP contribution in [0.25, 0.3) is 10.9 Å². The molecule has 3 aliphatic rings. The molecule has 220 valence electrons. The number of halogens is 2. The minimum atomic E-state index is -0.520. The molecule has 3 heterocycles. The van der Waals surface area contributed by atoms with E-state index in [9.17, 15) is 14.0 Å². The van der Waals surface area contributed by atoms with Crippen molar-refractivity contribution in [3.8, 4) is 5.75 Å². The summed E-state index contributed by atoms with van der Waals surface area (Å²) in [4.78, 5) is 36.0. The molecule has 0 unspecified atom stereocenters. The highest BCUT2D eigenvalue weighted by Gasteiger charge is 2.41. The first-order chi connectivity index (χ1) is 20.4. The minimum absolute atomic E-state index is 0.0155. The number of aromatic nitrogens is 2. The summed E-state index contributed by atoms with van der Waals surface area (Å²) < 4.78 is 30.9. The van der Waals surface area contributed by atoms with E-state index in [0.717, 1.165) is 12.8 Å². The van der Waals surface area contributed by atoms with Crippen molar-refractivity contribution < 1.29 is 28.2 Å².